The summed E-state index contributed by atoms with van der Waals surface area (Å²) in [6.07, 6.45) is 0.902. The number of amides is 2. The maximum Gasteiger partial charge on any atom is 0.415 e. The zero-order valence-electron chi connectivity index (χ0n) is 11.3. The maximum absolute atomic E-state index is 11.7. The van der Waals surface area contributed by atoms with E-state index in [4.69, 9.17) is 9.47 Å². The second kappa shape index (κ2) is 6.77. The van der Waals surface area contributed by atoms with E-state index in [0.717, 1.165) is 0 Å². The average Bonchev–Trinajstić information content (AvgIpc) is 2.72. The van der Waals surface area contributed by atoms with Crippen LogP contribution in [0.4, 0.5) is 9.59 Å². The molecule has 0 aromatic carbocycles. The van der Waals surface area contributed by atoms with E-state index in [2.05, 4.69) is 0 Å². The van der Waals surface area contributed by atoms with Gasteiger partial charge < -0.3 is 9.47 Å². The highest BCUT2D eigenvalue weighted by Gasteiger charge is 2.36. The molecule has 0 atom stereocenters. The van der Waals surface area contributed by atoms with Gasteiger partial charge in [0.25, 0.3) is 0 Å². The summed E-state index contributed by atoms with van der Waals surface area (Å²) in [5, 5.41) is 0. The number of hydrogen-bond acceptors (Lipinski definition) is 5. The zero-order chi connectivity index (χ0) is 14.4. The fourth-order valence-electron chi connectivity index (χ4n) is 1.69. The molecule has 0 bridgehead atoms. The molecule has 0 aliphatic carbocycles. The minimum absolute atomic E-state index is 0.0185. The SMILES string of the molecule is CCOC(=O)N1C=CN(C(=O)OCC)C1CC(C)=O. The Morgan fingerprint density at radius 3 is 1.74 bits per heavy atom. The first-order chi connectivity index (χ1) is 9.01. The van der Waals surface area contributed by atoms with E-state index >= 15 is 0 Å². The molecular weight excluding hydrogens is 252 g/mol. The monoisotopic (exact) mass is 270 g/mol. The van der Waals surface area contributed by atoms with E-state index in [9.17, 15) is 14.4 Å². The van der Waals surface area contributed by atoms with Gasteiger partial charge in [-0.05, 0) is 20.8 Å². The van der Waals surface area contributed by atoms with Gasteiger partial charge in [0.05, 0.1) is 13.2 Å². The average molecular weight is 270 g/mol. The molecule has 7 heteroatoms. The highest BCUT2D eigenvalue weighted by atomic mass is 16.6. The Kier molecular flexibility index (Phi) is 5.35. The van der Waals surface area contributed by atoms with E-state index < -0.39 is 18.4 Å². The second-order valence-electron chi connectivity index (χ2n) is 3.90. The molecule has 0 aromatic heterocycles. The first-order valence-electron chi connectivity index (χ1n) is 6.09. The van der Waals surface area contributed by atoms with Crippen molar-refractivity contribution in [1.29, 1.82) is 0 Å². The topological polar surface area (TPSA) is 76.2 Å². The molecule has 2 amide bonds. The van der Waals surface area contributed by atoms with Crippen LogP contribution in [0.1, 0.15) is 27.2 Å². The molecule has 0 radical (unpaired) electrons. The van der Waals surface area contributed by atoms with Crippen LogP contribution in [-0.2, 0) is 14.3 Å². The van der Waals surface area contributed by atoms with E-state index in [1.807, 2.05) is 0 Å². The van der Waals surface area contributed by atoms with E-state index in [1.165, 1.54) is 29.1 Å². The lowest BCUT2D eigenvalue weighted by atomic mass is 10.2. The standard InChI is InChI=1S/C12H18N2O5/c1-4-18-11(16)13-6-7-14(12(17)19-5-2)10(13)8-9(3)15/h6-7,10H,4-5,8H2,1-3H3. The summed E-state index contributed by atoms with van der Waals surface area (Å²) in [7, 11) is 0. The molecule has 0 N–H and O–H groups in total. The van der Waals surface area contributed by atoms with Crippen molar-refractivity contribution in [1.82, 2.24) is 9.80 Å². The van der Waals surface area contributed by atoms with Gasteiger partial charge in [0, 0.05) is 18.8 Å². The van der Waals surface area contributed by atoms with Crippen molar-refractivity contribution >= 4 is 18.0 Å². The molecule has 1 aliphatic heterocycles. The minimum Gasteiger partial charge on any atom is -0.449 e. The van der Waals surface area contributed by atoms with E-state index in [1.54, 1.807) is 13.8 Å². The summed E-state index contributed by atoms with van der Waals surface area (Å²) in [6, 6.07) is 0. The number of ketones is 1. The summed E-state index contributed by atoms with van der Waals surface area (Å²) < 4.78 is 9.74. The Morgan fingerprint density at radius 1 is 1.00 bits per heavy atom. The second-order valence-corrected chi connectivity index (χ2v) is 3.90. The Bertz CT molecular complexity index is 366. The Hall–Kier alpha value is -2.05. The Morgan fingerprint density at radius 2 is 1.42 bits per heavy atom. The summed E-state index contributed by atoms with van der Waals surface area (Å²) in [4.78, 5) is 37.1. The van der Waals surface area contributed by atoms with Gasteiger partial charge in [0.1, 0.15) is 11.9 Å². The Labute approximate surface area is 111 Å². The Balaban J connectivity index is 2.84. The van der Waals surface area contributed by atoms with Gasteiger partial charge >= 0.3 is 12.2 Å². The first-order valence-corrected chi connectivity index (χ1v) is 6.09. The molecule has 1 heterocycles. The molecule has 7 nitrogen and oxygen atoms in total. The van der Waals surface area contributed by atoms with Gasteiger partial charge in [-0.3, -0.25) is 14.6 Å². The largest absolute Gasteiger partial charge is 0.449 e. The zero-order valence-corrected chi connectivity index (χ0v) is 11.3. The molecule has 1 rings (SSSR count). The first kappa shape index (κ1) is 15.0. The molecule has 0 unspecified atom stereocenters. The van der Waals surface area contributed by atoms with Crippen molar-refractivity contribution < 1.29 is 23.9 Å². The minimum atomic E-state index is -0.726. The number of Topliss-reactive ketones (excluding diaryl/α,β-unsaturated/α-hetero) is 1. The van der Waals surface area contributed by atoms with Crippen molar-refractivity contribution in [2.75, 3.05) is 13.2 Å². The van der Waals surface area contributed by atoms with Crippen LogP contribution in [0.5, 0.6) is 0 Å². The molecule has 0 saturated carbocycles. The fourth-order valence-corrected chi connectivity index (χ4v) is 1.69. The van der Waals surface area contributed by atoms with Crippen LogP contribution in [0.2, 0.25) is 0 Å². The molecule has 106 valence electrons. The van der Waals surface area contributed by atoms with Crippen LogP contribution in [0, 0.1) is 0 Å². The lowest BCUT2D eigenvalue weighted by molar-refractivity contribution is -0.118. The molecule has 0 spiro atoms. The third-order valence-corrected chi connectivity index (χ3v) is 2.46. The number of ether oxygens (including phenoxy) is 2. The van der Waals surface area contributed by atoms with Crippen LogP contribution in [0.25, 0.3) is 0 Å². The van der Waals surface area contributed by atoms with Gasteiger partial charge in [-0.25, -0.2) is 9.59 Å². The molecule has 0 fully saturated rings. The van der Waals surface area contributed by atoms with Crippen LogP contribution >= 0.6 is 0 Å². The van der Waals surface area contributed by atoms with Gasteiger partial charge in [0.2, 0.25) is 0 Å². The van der Waals surface area contributed by atoms with Crippen LogP contribution in [0.3, 0.4) is 0 Å². The molecule has 0 aromatic rings. The predicted octanol–water partition coefficient (Wildman–Crippen LogP) is 1.69. The van der Waals surface area contributed by atoms with Crippen molar-refractivity contribution in [2.24, 2.45) is 0 Å². The summed E-state index contributed by atoms with van der Waals surface area (Å²) in [6.45, 7) is 5.19. The molecular formula is C12H18N2O5. The lowest BCUT2D eigenvalue weighted by Gasteiger charge is -2.28. The third kappa shape index (κ3) is 3.70. The van der Waals surface area contributed by atoms with Crippen LogP contribution in [-0.4, -0.2) is 47.1 Å². The van der Waals surface area contributed by atoms with Crippen molar-refractivity contribution in [3.63, 3.8) is 0 Å². The van der Waals surface area contributed by atoms with Crippen molar-refractivity contribution in [3.8, 4) is 0 Å². The van der Waals surface area contributed by atoms with Crippen molar-refractivity contribution in [3.05, 3.63) is 12.4 Å². The number of nitrogens with zero attached hydrogens (tertiary/aromatic N) is 2. The van der Waals surface area contributed by atoms with Crippen molar-refractivity contribution in [2.45, 2.75) is 33.4 Å². The number of carbonyl (C=O) groups is 3. The summed E-state index contributed by atoms with van der Waals surface area (Å²) >= 11 is 0. The van der Waals surface area contributed by atoms with Gasteiger partial charge in [-0.15, -0.1) is 0 Å². The highest BCUT2D eigenvalue weighted by Crippen LogP contribution is 2.21. The number of rotatable bonds is 4. The smallest absolute Gasteiger partial charge is 0.415 e. The fraction of sp³-hybridized carbons (Fsp3) is 0.583. The van der Waals surface area contributed by atoms with E-state index in [0.29, 0.717) is 0 Å². The van der Waals surface area contributed by atoms with Gasteiger partial charge in [-0.2, -0.15) is 0 Å². The number of hydrogen-bond donors (Lipinski definition) is 0. The molecule has 0 saturated heterocycles. The third-order valence-electron chi connectivity index (χ3n) is 2.46. The van der Waals surface area contributed by atoms with Crippen LogP contribution in [0.15, 0.2) is 12.4 Å². The number of carbonyl (C=O) groups excluding carboxylic acids is 3. The molecule has 1 aliphatic rings. The van der Waals surface area contributed by atoms with E-state index in [-0.39, 0.29) is 25.4 Å². The normalized spacial score (nSPS) is 14.7. The molecule has 19 heavy (non-hydrogen) atoms. The summed E-state index contributed by atoms with van der Waals surface area (Å²) in [5.41, 5.74) is 0. The van der Waals surface area contributed by atoms with Gasteiger partial charge in [0.15, 0.2) is 0 Å². The maximum atomic E-state index is 11.7. The highest BCUT2D eigenvalue weighted by molar-refractivity contribution is 5.80. The lowest BCUT2D eigenvalue weighted by Crippen LogP contribution is -2.45. The summed E-state index contributed by atoms with van der Waals surface area (Å²) in [5.74, 6) is -0.141. The van der Waals surface area contributed by atoms with Gasteiger partial charge in [-0.1, -0.05) is 0 Å². The quantitative estimate of drug-likeness (QED) is 0.777. The van der Waals surface area contributed by atoms with Crippen LogP contribution < -0.4 is 0 Å². The predicted molar refractivity (Wildman–Crippen MR) is 65.9 cm³/mol.